The standard InChI is InChI=1S/C22H26F3N3O5S2/c1-2-3-14-26-34(30,31)18-12-8-17(9-13-18)27-21(29)20-5-4-15-28(20)35(32,33)19-10-6-16(7-11-19)22(23,24)25/h6-13,20,26H,2-5,14-15H2,1H3,(H,27,29)/t20-/m0/s1. The molecule has 3 rings (SSSR count). The van der Waals surface area contributed by atoms with Gasteiger partial charge in [-0.05, 0) is 67.8 Å². The van der Waals surface area contributed by atoms with Crippen LogP contribution in [-0.4, -0.2) is 46.2 Å². The van der Waals surface area contributed by atoms with E-state index in [0.29, 0.717) is 31.5 Å². The minimum Gasteiger partial charge on any atom is -0.325 e. The molecule has 2 aromatic carbocycles. The summed E-state index contributed by atoms with van der Waals surface area (Å²) in [6.07, 6.45) is -2.43. The number of amides is 1. The molecular formula is C22H26F3N3O5S2. The molecule has 0 unspecified atom stereocenters. The van der Waals surface area contributed by atoms with Gasteiger partial charge in [0.05, 0.1) is 15.4 Å². The number of benzene rings is 2. The van der Waals surface area contributed by atoms with Crippen molar-refractivity contribution in [3.05, 3.63) is 54.1 Å². The van der Waals surface area contributed by atoms with Gasteiger partial charge in [0.15, 0.2) is 0 Å². The second-order valence-corrected chi connectivity index (χ2v) is 11.7. The van der Waals surface area contributed by atoms with Crippen LogP contribution in [0.1, 0.15) is 38.2 Å². The van der Waals surface area contributed by atoms with Crippen molar-refractivity contribution in [3.63, 3.8) is 0 Å². The molecule has 2 aromatic rings. The highest BCUT2D eigenvalue weighted by molar-refractivity contribution is 7.89. The van der Waals surface area contributed by atoms with Crippen LogP contribution in [0.4, 0.5) is 18.9 Å². The molecule has 0 aliphatic carbocycles. The number of nitrogens with one attached hydrogen (secondary N) is 2. The molecule has 0 aromatic heterocycles. The van der Waals surface area contributed by atoms with Gasteiger partial charge >= 0.3 is 6.18 Å². The molecule has 192 valence electrons. The summed E-state index contributed by atoms with van der Waals surface area (Å²) < 4.78 is 92.5. The van der Waals surface area contributed by atoms with Crippen molar-refractivity contribution in [3.8, 4) is 0 Å². The normalized spacial score (nSPS) is 17.4. The van der Waals surface area contributed by atoms with Gasteiger partial charge in [0, 0.05) is 18.8 Å². The lowest BCUT2D eigenvalue weighted by atomic mass is 10.2. The fourth-order valence-corrected chi connectivity index (χ4v) is 6.38. The van der Waals surface area contributed by atoms with Crippen LogP contribution in [0.2, 0.25) is 0 Å². The van der Waals surface area contributed by atoms with Crippen molar-refractivity contribution in [1.29, 1.82) is 0 Å². The van der Waals surface area contributed by atoms with Gasteiger partial charge in [-0.3, -0.25) is 4.79 Å². The maximum atomic E-state index is 13.0. The van der Waals surface area contributed by atoms with E-state index in [0.717, 1.165) is 22.9 Å². The summed E-state index contributed by atoms with van der Waals surface area (Å²) in [4.78, 5) is 12.5. The zero-order valence-electron chi connectivity index (χ0n) is 18.9. The summed E-state index contributed by atoms with van der Waals surface area (Å²) in [6.45, 7) is 2.29. The molecular weight excluding hydrogens is 507 g/mol. The second kappa shape index (κ2) is 10.6. The molecule has 1 fully saturated rings. The summed E-state index contributed by atoms with van der Waals surface area (Å²) in [7, 11) is -7.89. The summed E-state index contributed by atoms with van der Waals surface area (Å²) in [5, 5.41) is 2.59. The Hall–Kier alpha value is -2.48. The number of halogens is 3. The van der Waals surface area contributed by atoms with Crippen molar-refractivity contribution in [2.75, 3.05) is 18.4 Å². The number of hydrogen-bond acceptors (Lipinski definition) is 5. The molecule has 1 amide bonds. The predicted molar refractivity (Wildman–Crippen MR) is 124 cm³/mol. The van der Waals surface area contributed by atoms with Crippen LogP contribution >= 0.6 is 0 Å². The van der Waals surface area contributed by atoms with E-state index in [2.05, 4.69) is 10.0 Å². The van der Waals surface area contributed by atoms with Crippen molar-refractivity contribution >= 4 is 31.6 Å². The molecule has 1 atom stereocenters. The number of rotatable bonds is 9. The minimum absolute atomic E-state index is 0.0268. The molecule has 2 N–H and O–H groups in total. The third-order valence-electron chi connectivity index (χ3n) is 5.55. The topological polar surface area (TPSA) is 113 Å². The lowest BCUT2D eigenvalue weighted by Crippen LogP contribution is -2.43. The molecule has 0 spiro atoms. The van der Waals surface area contributed by atoms with Crippen LogP contribution in [0, 0.1) is 0 Å². The van der Waals surface area contributed by atoms with E-state index in [1.165, 1.54) is 24.3 Å². The molecule has 1 heterocycles. The molecule has 35 heavy (non-hydrogen) atoms. The molecule has 1 aliphatic heterocycles. The summed E-state index contributed by atoms with van der Waals surface area (Å²) in [5.74, 6) is -0.616. The molecule has 8 nitrogen and oxygen atoms in total. The van der Waals surface area contributed by atoms with Crippen LogP contribution in [0.25, 0.3) is 0 Å². The maximum Gasteiger partial charge on any atom is 0.416 e. The number of carbonyl (C=O) groups is 1. The van der Waals surface area contributed by atoms with Crippen molar-refractivity contribution in [1.82, 2.24) is 9.03 Å². The SMILES string of the molecule is CCCCNS(=O)(=O)c1ccc(NC(=O)[C@@H]2CCCN2S(=O)(=O)c2ccc(C(F)(F)F)cc2)cc1. The molecule has 1 saturated heterocycles. The Bertz CT molecular complexity index is 1250. The first-order valence-electron chi connectivity index (χ1n) is 11.0. The van der Waals surface area contributed by atoms with E-state index >= 15 is 0 Å². The summed E-state index contributed by atoms with van der Waals surface area (Å²) in [5.41, 5.74) is -0.695. The Kier molecular flexibility index (Phi) is 8.25. The number of hydrogen-bond donors (Lipinski definition) is 2. The van der Waals surface area contributed by atoms with Crippen LogP contribution in [0.3, 0.4) is 0 Å². The smallest absolute Gasteiger partial charge is 0.325 e. The Morgan fingerprint density at radius 3 is 2.17 bits per heavy atom. The van der Waals surface area contributed by atoms with E-state index in [4.69, 9.17) is 0 Å². The largest absolute Gasteiger partial charge is 0.416 e. The summed E-state index contributed by atoms with van der Waals surface area (Å²) >= 11 is 0. The number of anilines is 1. The third kappa shape index (κ3) is 6.40. The molecule has 0 radical (unpaired) electrons. The van der Waals surface area contributed by atoms with E-state index in [1.54, 1.807) is 0 Å². The first-order chi connectivity index (χ1) is 16.4. The number of carbonyl (C=O) groups excluding carboxylic acids is 1. The highest BCUT2D eigenvalue weighted by atomic mass is 32.2. The first kappa shape index (κ1) is 27.1. The Labute approximate surface area is 202 Å². The van der Waals surface area contributed by atoms with Crippen molar-refractivity contribution in [2.45, 2.75) is 54.6 Å². The van der Waals surface area contributed by atoms with E-state index in [1.807, 2.05) is 6.92 Å². The predicted octanol–water partition coefficient (Wildman–Crippen LogP) is 3.58. The van der Waals surface area contributed by atoms with Gasteiger partial charge in [-0.15, -0.1) is 0 Å². The Balaban J connectivity index is 1.71. The molecule has 13 heteroatoms. The second-order valence-electron chi connectivity index (χ2n) is 8.06. The molecule has 1 aliphatic rings. The van der Waals surface area contributed by atoms with Crippen LogP contribution in [0.5, 0.6) is 0 Å². The van der Waals surface area contributed by atoms with Crippen LogP contribution < -0.4 is 10.0 Å². The lowest BCUT2D eigenvalue weighted by Gasteiger charge is -2.23. The first-order valence-corrected chi connectivity index (χ1v) is 13.9. The number of sulfonamides is 2. The van der Waals surface area contributed by atoms with Gasteiger partial charge in [-0.1, -0.05) is 13.3 Å². The van der Waals surface area contributed by atoms with Gasteiger partial charge in [0.25, 0.3) is 0 Å². The monoisotopic (exact) mass is 533 g/mol. The van der Waals surface area contributed by atoms with Crippen LogP contribution in [-0.2, 0) is 31.0 Å². The van der Waals surface area contributed by atoms with Crippen LogP contribution in [0.15, 0.2) is 58.3 Å². The number of unbranched alkanes of at least 4 members (excludes halogenated alkanes) is 1. The number of alkyl halides is 3. The Morgan fingerprint density at radius 2 is 1.60 bits per heavy atom. The fraction of sp³-hybridized carbons (Fsp3) is 0.409. The van der Waals surface area contributed by atoms with Crippen molar-refractivity contribution < 1.29 is 34.8 Å². The Morgan fingerprint density at radius 1 is 1.00 bits per heavy atom. The fourth-order valence-electron chi connectivity index (χ4n) is 3.65. The highest BCUT2D eigenvalue weighted by Gasteiger charge is 2.40. The van der Waals surface area contributed by atoms with Gasteiger partial charge in [-0.2, -0.15) is 17.5 Å². The third-order valence-corrected chi connectivity index (χ3v) is 8.95. The van der Waals surface area contributed by atoms with E-state index in [9.17, 15) is 34.8 Å². The number of nitrogens with zero attached hydrogens (tertiary/aromatic N) is 1. The van der Waals surface area contributed by atoms with Gasteiger partial charge in [0.1, 0.15) is 6.04 Å². The zero-order chi connectivity index (χ0) is 25.9. The average molecular weight is 534 g/mol. The van der Waals surface area contributed by atoms with Gasteiger partial charge in [-0.25, -0.2) is 21.6 Å². The van der Waals surface area contributed by atoms with Crippen molar-refractivity contribution in [2.24, 2.45) is 0 Å². The molecule has 0 saturated carbocycles. The van der Waals surface area contributed by atoms with Gasteiger partial charge < -0.3 is 5.32 Å². The highest BCUT2D eigenvalue weighted by Crippen LogP contribution is 2.32. The lowest BCUT2D eigenvalue weighted by molar-refractivity contribution is -0.137. The minimum atomic E-state index is -4.60. The van der Waals surface area contributed by atoms with E-state index < -0.39 is 43.7 Å². The average Bonchev–Trinajstić information content (AvgIpc) is 3.30. The maximum absolute atomic E-state index is 13.0. The zero-order valence-corrected chi connectivity index (χ0v) is 20.5. The van der Waals surface area contributed by atoms with E-state index in [-0.39, 0.29) is 28.4 Å². The molecule has 0 bridgehead atoms. The van der Waals surface area contributed by atoms with Gasteiger partial charge in [0.2, 0.25) is 26.0 Å². The quantitative estimate of drug-likeness (QED) is 0.479. The summed E-state index contributed by atoms with van der Waals surface area (Å²) in [6, 6.07) is 7.52.